The topological polar surface area (TPSA) is 147 Å². The molecule has 1 heterocycles. The van der Waals surface area contributed by atoms with Gasteiger partial charge >= 0.3 is 6.03 Å². The molecule has 4 saturated carbocycles. The summed E-state index contributed by atoms with van der Waals surface area (Å²) in [5.74, 6) is 0.00540. The quantitative estimate of drug-likeness (QED) is 0.102. The first kappa shape index (κ1) is 42.1. The average molecular weight is 768 g/mol. The number of nitrogens with one attached hydrogen (secondary N) is 2. The van der Waals surface area contributed by atoms with Gasteiger partial charge in [-0.05, 0) is 108 Å². The summed E-state index contributed by atoms with van der Waals surface area (Å²) in [7, 11) is -3.57. The second-order valence-electron chi connectivity index (χ2n) is 18.8. The number of rotatable bonds is 16. The second kappa shape index (κ2) is 16.6. The third-order valence-electron chi connectivity index (χ3n) is 14.0. The number of urea groups is 1. The van der Waals surface area contributed by atoms with Crippen molar-refractivity contribution in [2.75, 3.05) is 12.3 Å². The van der Waals surface area contributed by atoms with E-state index in [2.05, 4.69) is 30.1 Å². The van der Waals surface area contributed by atoms with Gasteiger partial charge in [0.25, 0.3) is 0 Å². The number of nitrogens with zero attached hydrogens (tertiary/aromatic N) is 1. The molecule has 4 aliphatic carbocycles. The zero-order chi connectivity index (χ0) is 39.5. The van der Waals surface area contributed by atoms with Crippen LogP contribution in [0.15, 0.2) is 12.7 Å². The van der Waals surface area contributed by atoms with E-state index in [9.17, 15) is 27.6 Å². The molecule has 5 atom stereocenters. The highest BCUT2D eigenvalue weighted by molar-refractivity contribution is 7.92. The fraction of sp³-hybridized carbons (Fsp3) is 0.791. The largest absolute Gasteiger partial charge is 0.332 e. The molecule has 0 radical (unpaired) electrons. The molecule has 5 rings (SSSR count). The van der Waals surface area contributed by atoms with Crippen LogP contribution in [0.5, 0.6) is 0 Å². The molecule has 10 nitrogen and oxygen atoms in total. The Kier molecular flexibility index (Phi) is 13.0. The van der Waals surface area contributed by atoms with Gasteiger partial charge in [-0.25, -0.2) is 13.2 Å². The molecule has 1 spiro atoms. The number of ketones is 3. The minimum atomic E-state index is -3.57. The molecular formula is C43H65N3O7S. The first-order valence-electron chi connectivity index (χ1n) is 20.7. The zero-order valence-electron chi connectivity index (χ0n) is 33.3. The first-order valence-corrected chi connectivity index (χ1v) is 22.3. The highest BCUT2D eigenvalue weighted by Crippen LogP contribution is 2.66. The van der Waals surface area contributed by atoms with Gasteiger partial charge in [0, 0.05) is 31.7 Å². The maximum Gasteiger partial charge on any atom is 0.315 e. The molecule has 1 unspecified atom stereocenters. The molecule has 11 heteroatoms. The number of likely N-dealkylation sites (tertiary alicyclic amines) is 1. The van der Waals surface area contributed by atoms with E-state index in [0.717, 1.165) is 77.0 Å². The normalized spacial score (nSPS) is 26.5. The monoisotopic (exact) mass is 767 g/mol. The van der Waals surface area contributed by atoms with Gasteiger partial charge in [-0.2, -0.15) is 0 Å². The predicted octanol–water partition coefficient (Wildman–Crippen LogP) is 6.65. The van der Waals surface area contributed by atoms with Gasteiger partial charge in [-0.1, -0.05) is 51.5 Å². The van der Waals surface area contributed by atoms with Crippen LogP contribution in [-0.2, 0) is 29.0 Å². The summed E-state index contributed by atoms with van der Waals surface area (Å²) in [6, 6.07) is -2.24. The van der Waals surface area contributed by atoms with Crippen molar-refractivity contribution in [3.63, 3.8) is 0 Å². The molecule has 5 fully saturated rings. The van der Waals surface area contributed by atoms with Gasteiger partial charge in [-0.3, -0.25) is 19.2 Å². The number of terminal acetylenes is 1. The number of hydrogen-bond acceptors (Lipinski definition) is 7. The molecule has 1 saturated heterocycles. The van der Waals surface area contributed by atoms with E-state index in [-0.39, 0.29) is 60.4 Å². The van der Waals surface area contributed by atoms with Crippen molar-refractivity contribution in [2.45, 2.75) is 172 Å². The van der Waals surface area contributed by atoms with E-state index in [1.165, 1.54) is 0 Å². The fourth-order valence-corrected chi connectivity index (χ4v) is 11.9. The Hall–Kier alpha value is -3.00. The van der Waals surface area contributed by atoms with Gasteiger partial charge in [-0.15, -0.1) is 18.9 Å². The molecular weight excluding hydrogens is 703 g/mol. The van der Waals surface area contributed by atoms with Gasteiger partial charge in [0.05, 0.1) is 22.1 Å². The lowest BCUT2D eigenvalue weighted by Gasteiger charge is -2.44. The number of carbonyl (C=O) groups is 5. The first-order chi connectivity index (χ1) is 25.4. The fourth-order valence-electron chi connectivity index (χ4n) is 10.4. The molecule has 0 aromatic heterocycles. The summed E-state index contributed by atoms with van der Waals surface area (Å²) in [4.78, 5) is 71.9. The summed E-state index contributed by atoms with van der Waals surface area (Å²) >= 11 is 0. The van der Waals surface area contributed by atoms with E-state index < -0.39 is 61.1 Å². The number of sulfone groups is 1. The summed E-state index contributed by atoms with van der Waals surface area (Å²) in [6.45, 7) is 11.2. The van der Waals surface area contributed by atoms with Gasteiger partial charge < -0.3 is 15.5 Å². The Morgan fingerprint density at radius 3 is 2.17 bits per heavy atom. The van der Waals surface area contributed by atoms with E-state index in [1.54, 1.807) is 31.7 Å². The van der Waals surface area contributed by atoms with Crippen molar-refractivity contribution in [3.8, 4) is 12.3 Å². The Bertz CT molecular complexity index is 1600. The molecule has 300 valence electrons. The second-order valence-corrected chi connectivity index (χ2v) is 21.5. The lowest BCUT2D eigenvalue weighted by atomic mass is 9.70. The summed E-state index contributed by atoms with van der Waals surface area (Å²) in [5, 5.41) is 6.22. The van der Waals surface area contributed by atoms with Crippen LogP contribution >= 0.6 is 0 Å². The predicted molar refractivity (Wildman–Crippen MR) is 210 cm³/mol. The van der Waals surface area contributed by atoms with Crippen LogP contribution in [0.3, 0.4) is 0 Å². The van der Waals surface area contributed by atoms with E-state index in [4.69, 9.17) is 6.42 Å². The zero-order valence-corrected chi connectivity index (χ0v) is 34.1. The Morgan fingerprint density at radius 2 is 1.59 bits per heavy atom. The van der Waals surface area contributed by atoms with Crippen molar-refractivity contribution in [1.29, 1.82) is 0 Å². The summed E-state index contributed by atoms with van der Waals surface area (Å²) in [5.41, 5.74) is -1.39. The maximum atomic E-state index is 15.2. The molecule has 0 aromatic rings. The van der Waals surface area contributed by atoms with Crippen LogP contribution in [0.25, 0.3) is 0 Å². The number of amides is 3. The van der Waals surface area contributed by atoms with E-state index in [1.807, 2.05) is 0 Å². The number of hydrogen-bond donors (Lipinski definition) is 2. The van der Waals surface area contributed by atoms with Crippen LogP contribution in [0.2, 0.25) is 0 Å². The standard InChI is InChI=1S/C43H65N3O7S/c1-7-9-17-30(36(49)33(47)18-10-8-2)27-34(48)35-31-19-24-42(25-26-42)32(31)28-46(35)38(50)37(41(6)20-13-11-14-21-41)44-39(51)45-43(22-15-12-16-23-43)29-54(52,53)40(3,4)5/h1,8,30-32,35,37H,2,9-29H2,3-6H3,(H2,44,45,51)/t30?,31-,32-,35-,37+/m0/s1. The molecule has 5 aliphatic rings. The lowest BCUT2D eigenvalue weighted by Crippen LogP contribution is -2.64. The van der Waals surface area contributed by atoms with Gasteiger partial charge in [0.15, 0.2) is 21.4 Å². The van der Waals surface area contributed by atoms with Crippen molar-refractivity contribution >= 4 is 39.1 Å². The minimum Gasteiger partial charge on any atom is -0.332 e. The van der Waals surface area contributed by atoms with Gasteiger partial charge in [0.2, 0.25) is 11.7 Å². The Balaban J connectivity index is 1.44. The minimum absolute atomic E-state index is 0.0295. The van der Waals surface area contributed by atoms with Crippen LogP contribution in [0.1, 0.15) is 150 Å². The third-order valence-corrected chi connectivity index (χ3v) is 16.8. The van der Waals surface area contributed by atoms with Crippen molar-refractivity contribution in [3.05, 3.63) is 12.7 Å². The molecule has 0 aromatic carbocycles. The summed E-state index contributed by atoms with van der Waals surface area (Å²) < 4.78 is 26.0. The lowest BCUT2D eigenvalue weighted by molar-refractivity contribution is -0.144. The Morgan fingerprint density at radius 1 is 0.963 bits per heavy atom. The van der Waals surface area contributed by atoms with Crippen molar-refractivity contribution in [2.24, 2.45) is 28.6 Å². The number of carbonyl (C=O) groups excluding carboxylic acids is 5. The number of Topliss-reactive ketones (excluding diaryl/α,β-unsaturated/α-hetero) is 3. The highest BCUT2D eigenvalue weighted by Gasteiger charge is 2.64. The number of fused-ring (bicyclic) bond motifs is 2. The molecule has 3 amide bonds. The summed E-state index contributed by atoms with van der Waals surface area (Å²) in [6.07, 6.45) is 19.8. The van der Waals surface area contributed by atoms with Crippen LogP contribution < -0.4 is 10.6 Å². The maximum absolute atomic E-state index is 15.2. The smallest absolute Gasteiger partial charge is 0.315 e. The van der Waals surface area contributed by atoms with Gasteiger partial charge in [0.1, 0.15) is 6.04 Å². The Labute approximate surface area is 324 Å². The van der Waals surface area contributed by atoms with E-state index in [0.29, 0.717) is 25.8 Å². The molecule has 0 bridgehead atoms. The third kappa shape index (κ3) is 9.00. The SMILES string of the molecule is C#CCCC(CC(=O)[C@@H]1[C@H]2CCC3(CC3)[C@H]2CN1C(=O)[C@@H](NC(=O)NC1(CS(=O)(=O)C(C)(C)C)CCCCC1)C1(C)CCCCC1)C(=O)C(=O)CCC=C. The molecule has 54 heavy (non-hydrogen) atoms. The van der Waals surface area contributed by atoms with Crippen molar-refractivity contribution in [1.82, 2.24) is 15.5 Å². The van der Waals surface area contributed by atoms with Crippen LogP contribution in [0, 0.1) is 40.9 Å². The molecule has 1 aliphatic heterocycles. The van der Waals surface area contributed by atoms with Crippen molar-refractivity contribution < 1.29 is 32.4 Å². The van der Waals surface area contributed by atoms with E-state index >= 15 is 4.79 Å². The van der Waals surface area contributed by atoms with Crippen LogP contribution in [-0.4, -0.2) is 77.3 Å². The van der Waals surface area contributed by atoms with Crippen LogP contribution in [0.4, 0.5) is 4.79 Å². The average Bonchev–Trinajstić information content (AvgIpc) is 3.68. The number of allylic oxidation sites excluding steroid dienone is 1. The molecule has 2 N–H and O–H groups in total. The highest BCUT2D eigenvalue weighted by atomic mass is 32.2.